The van der Waals surface area contributed by atoms with Crippen molar-refractivity contribution >= 4 is 11.8 Å². The molecule has 2 amide bonds. The zero-order valence-corrected chi connectivity index (χ0v) is 16.0. The van der Waals surface area contributed by atoms with Crippen molar-refractivity contribution in [2.24, 2.45) is 5.92 Å². The number of hydrogen-bond acceptors (Lipinski definition) is 5. The van der Waals surface area contributed by atoms with Crippen molar-refractivity contribution in [1.29, 1.82) is 0 Å². The van der Waals surface area contributed by atoms with Crippen molar-refractivity contribution in [2.45, 2.75) is 81.7 Å². The van der Waals surface area contributed by atoms with Crippen LogP contribution in [0.15, 0.2) is 4.52 Å². The van der Waals surface area contributed by atoms with Gasteiger partial charge in [-0.2, -0.15) is 4.98 Å². The molecule has 154 valence electrons. The summed E-state index contributed by atoms with van der Waals surface area (Å²) in [6, 6.07) is 0.0618. The molecular formula is C19H26F2N4O3. The Labute approximate surface area is 162 Å². The highest BCUT2D eigenvalue weighted by atomic mass is 19.3. The second-order valence-electron chi connectivity index (χ2n) is 8.47. The molecule has 9 heteroatoms. The standard InChI is InChI=1S/C19H26F2N4O3/c1-25(14-7-13(8-14)22-18(27)12-9-19(20,21)10-12)16(26)4-2-3-15-23-17(24-28-15)11-5-6-11/h11-14H,2-10H2,1H3,(H,22,27). The topological polar surface area (TPSA) is 88.3 Å². The van der Waals surface area contributed by atoms with Gasteiger partial charge in [-0.15, -0.1) is 0 Å². The van der Waals surface area contributed by atoms with Gasteiger partial charge in [-0.1, -0.05) is 5.16 Å². The maximum atomic E-state index is 12.9. The molecular weight excluding hydrogens is 370 g/mol. The van der Waals surface area contributed by atoms with E-state index in [1.54, 1.807) is 11.9 Å². The number of rotatable bonds is 8. The molecule has 3 saturated carbocycles. The Morgan fingerprint density at radius 1 is 1.29 bits per heavy atom. The first-order valence-corrected chi connectivity index (χ1v) is 10.1. The predicted octanol–water partition coefficient (Wildman–Crippen LogP) is 2.42. The fraction of sp³-hybridized carbons (Fsp3) is 0.789. The molecule has 0 atom stereocenters. The van der Waals surface area contributed by atoms with Crippen LogP contribution >= 0.6 is 0 Å². The zero-order valence-electron chi connectivity index (χ0n) is 16.0. The van der Waals surface area contributed by atoms with Crippen molar-refractivity contribution in [3.63, 3.8) is 0 Å². The molecule has 1 heterocycles. The smallest absolute Gasteiger partial charge is 0.249 e. The maximum Gasteiger partial charge on any atom is 0.249 e. The van der Waals surface area contributed by atoms with Crippen LogP contribution in [0.25, 0.3) is 0 Å². The van der Waals surface area contributed by atoms with Crippen LogP contribution in [0.2, 0.25) is 0 Å². The van der Waals surface area contributed by atoms with Crippen LogP contribution < -0.4 is 5.32 Å². The minimum atomic E-state index is -2.68. The summed E-state index contributed by atoms with van der Waals surface area (Å²) in [5.41, 5.74) is 0. The fourth-order valence-corrected chi connectivity index (χ4v) is 3.84. The summed E-state index contributed by atoms with van der Waals surface area (Å²) in [6.45, 7) is 0. The van der Waals surface area contributed by atoms with Gasteiger partial charge < -0.3 is 14.7 Å². The van der Waals surface area contributed by atoms with E-state index in [1.165, 1.54) is 0 Å². The molecule has 0 unspecified atom stereocenters. The summed E-state index contributed by atoms with van der Waals surface area (Å²) in [5.74, 6) is -1.66. The van der Waals surface area contributed by atoms with Crippen LogP contribution in [0.3, 0.4) is 0 Å². The first-order chi connectivity index (χ1) is 13.3. The van der Waals surface area contributed by atoms with E-state index in [2.05, 4.69) is 15.5 Å². The van der Waals surface area contributed by atoms with Crippen molar-refractivity contribution < 1.29 is 22.9 Å². The van der Waals surface area contributed by atoms with Crippen LogP contribution in [0, 0.1) is 5.92 Å². The molecule has 3 aliphatic carbocycles. The molecule has 0 bridgehead atoms. The number of hydrogen-bond donors (Lipinski definition) is 1. The second kappa shape index (κ2) is 7.40. The molecule has 0 aliphatic heterocycles. The summed E-state index contributed by atoms with van der Waals surface area (Å²) in [7, 11) is 1.77. The molecule has 0 radical (unpaired) electrons. The molecule has 7 nitrogen and oxygen atoms in total. The Hall–Kier alpha value is -2.06. The van der Waals surface area contributed by atoms with Crippen LogP contribution in [-0.4, -0.2) is 51.9 Å². The molecule has 0 spiro atoms. The highest BCUT2D eigenvalue weighted by molar-refractivity contribution is 5.80. The number of nitrogens with one attached hydrogen (secondary N) is 1. The van der Waals surface area contributed by atoms with Crippen LogP contribution in [0.5, 0.6) is 0 Å². The lowest BCUT2D eigenvalue weighted by atomic mass is 9.79. The summed E-state index contributed by atoms with van der Waals surface area (Å²) in [4.78, 5) is 30.3. The summed E-state index contributed by atoms with van der Waals surface area (Å²) in [6.07, 6.45) is 4.54. The van der Waals surface area contributed by atoms with E-state index in [1.807, 2.05) is 0 Å². The zero-order chi connectivity index (χ0) is 19.9. The second-order valence-corrected chi connectivity index (χ2v) is 8.47. The van der Waals surface area contributed by atoms with Crippen LogP contribution in [0.4, 0.5) is 8.78 Å². The number of amides is 2. The predicted molar refractivity (Wildman–Crippen MR) is 94.6 cm³/mol. The Balaban J connectivity index is 1.11. The third kappa shape index (κ3) is 4.33. The van der Waals surface area contributed by atoms with E-state index in [-0.39, 0.29) is 36.7 Å². The maximum absolute atomic E-state index is 12.9. The van der Waals surface area contributed by atoms with Crippen molar-refractivity contribution in [3.05, 3.63) is 11.7 Å². The number of halogens is 2. The van der Waals surface area contributed by atoms with Gasteiger partial charge in [0.25, 0.3) is 0 Å². The van der Waals surface area contributed by atoms with E-state index in [4.69, 9.17) is 4.52 Å². The third-order valence-electron chi connectivity index (χ3n) is 6.07. The lowest BCUT2D eigenvalue weighted by Gasteiger charge is -2.43. The lowest BCUT2D eigenvalue weighted by Crippen LogP contribution is -2.56. The molecule has 1 aromatic heterocycles. The SMILES string of the molecule is CN(C(=O)CCCc1nc(C2CC2)no1)C1CC(NC(=O)C2CC(F)(F)C2)C1. The highest BCUT2D eigenvalue weighted by Crippen LogP contribution is 2.42. The number of aromatic nitrogens is 2. The Morgan fingerprint density at radius 2 is 2.00 bits per heavy atom. The molecule has 3 fully saturated rings. The average Bonchev–Trinajstić information content (AvgIpc) is 3.34. The first-order valence-electron chi connectivity index (χ1n) is 10.1. The van der Waals surface area contributed by atoms with Crippen molar-refractivity contribution in [2.75, 3.05) is 7.05 Å². The lowest BCUT2D eigenvalue weighted by molar-refractivity contribution is -0.151. The van der Waals surface area contributed by atoms with Crippen molar-refractivity contribution in [1.82, 2.24) is 20.4 Å². The van der Waals surface area contributed by atoms with Gasteiger partial charge in [0.1, 0.15) is 0 Å². The molecule has 28 heavy (non-hydrogen) atoms. The molecule has 0 saturated heterocycles. The van der Waals surface area contributed by atoms with E-state index in [9.17, 15) is 18.4 Å². The quantitative estimate of drug-likeness (QED) is 0.729. The fourth-order valence-electron chi connectivity index (χ4n) is 3.84. The third-order valence-corrected chi connectivity index (χ3v) is 6.07. The van der Waals surface area contributed by atoms with Gasteiger partial charge in [-0.25, -0.2) is 8.78 Å². The summed E-state index contributed by atoms with van der Waals surface area (Å²) >= 11 is 0. The average molecular weight is 396 g/mol. The number of alkyl halides is 2. The monoisotopic (exact) mass is 396 g/mol. The molecule has 4 rings (SSSR count). The van der Waals surface area contributed by atoms with E-state index in [0.29, 0.717) is 43.9 Å². The summed E-state index contributed by atoms with van der Waals surface area (Å²) in [5, 5.41) is 6.79. The normalized spacial score (nSPS) is 26.2. The molecule has 1 N–H and O–H groups in total. The van der Waals surface area contributed by atoms with Gasteiger partial charge in [-0.05, 0) is 32.1 Å². The van der Waals surface area contributed by atoms with E-state index in [0.717, 1.165) is 18.7 Å². The minimum absolute atomic E-state index is 0.0267. The number of aryl methyl sites for hydroxylation is 1. The van der Waals surface area contributed by atoms with Gasteiger partial charge in [0.05, 0.1) is 0 Å². The largest absolute Gasteiger partial charge is 0.353 e. The van der Waals surface area contributed by atoms with Crippen LogP contribution in [-0.2, 0) is 16.0 Å². The number of carbonyl (C=O) groups excluding carboxylic acids is 2. The van der Waals surface area contributed by atoms with Crippen LogP contribution in [0.1, 0.15) is 69.0 Å². The van der Waals surface area contributed by atoms with Gasteiger partial charge >= 0.3 is 0 Å². The number of nitrogens with zero attached hydrogens (tertiary/aromatic N) is 3. The van der Waals surface area contributed by atoms with Gasteiger partial charge in [0.2, 0.25) is 23.6 Å². The van der Waals surface area contributed by atoms with Gasteiger partial charge in [0.15, 0.2) is 5.82 Å². The van der Waals surface area contributed by atoms with Gasteiger partial charge in [0, 0.05) is 56.7 Å². The van der Waals surface area contributed by atoms with Crippen molar-refractivity contribution in [3.8, 4) is 0 Å². The van der Waals surface area contributed by atoms with E-state index >= 15 is 0 Å². The molecule has 1 aromatic rings. The van der Waals surface area contributed by atoms with Gasteiger partial charge in [-0.3, -0.25) is 9.59 Å². The highest BCUT2D eigenvalue weighted by Gasteiger charge is 2.49. The number of carbonyl (C=O) groups is 2. The first kappa shape index (κ1) is 19.3. The minimum Gasteiger partial charge on any atom is -0.353 e. The summed E-state index contributed by atoms with van der Waals surface area (Å²) < 4.78 is 30.9. The molecule has 0 aromatic carbocycles. The Morgan fingerprint density at radius 3 is 2.64 bits per heavy atom. The Bertz CT molecular complexity index is 735. The Kier molecular flexibility index (Phi) is 5.09. The van der Waals surface area contributed by atoms with E-state index < -0.39 is 11.8 Å². The molecule has 3 aliphatic rings.